The van der Waals surface area contributed by atoms with Gasteiger partial charge in [-0.05, 0) is 13.3 Å². The highest BCUT2D eigenvalue weighted by molar-refractivity contribution is 5.94. The van der Waals surface area contributed by atoms with Crippen molar-refractivity contribution < 1.29 is 9.59 Å². The second kappa shape index (κ2) is 4.14. The molecule has 2 unspecified atom stereocenters. The molecule has 0 aromatic heterocycles. The number of terminal acetylenes is 1. The van der Waals surface area contributed by atoms with Gasteiger partial charge in [-0.1, -0.05) is 12.8 Å². The summed E-state index contributed by atoms with van der Waals surface area (Å²) in [7, 11) is 0. The Bertz CT molecular complexity index is 293. The second-order valence-corrected chi connectivity index (χ2v) is 3.29. The summed E-state index contributed by atoms with van der Waals surface area (Å²) in [6, 6.07) is -0.735. The molecule has 2 atom stereocenters. The van der Waals surface area contributed by atoms with Crippen molar-refractivity contribution in [1.82, 2.24) is 10.2 Å². The van der Waals surface area contributed by atoms with Crippen LogP contribution in [0.3, 0.4) is 0 Å². The third-order valence-corrected chi connectivity index (χ3v) is 2.41. The molecule has 2 amide bonds. The summed E-state index contributed by atoms with van der Waals surface area (Å²) in [5.74, 6) is 2.28. The van der Waals surface area contributed by atoms with E-state index in [0.717, 1.165) is 0 Å². The standard InChI is InChI=1S/C10H14N2O2/c1-4-8(5-2)12-7(3)10(14)11-6-9(12)13/h1,7-8H,5-6H2,2-3H3,(H,11,14). The highest BCUT2D eigenvalue weighted by Crippen LogP contribution is 2.12. The molecule has 14 heavy (non-hydrogen) atoms. The number of rotatable bonds is 2. The number of hydrogen-bond acceptors (Lipinski definition) is 2. The Hall–Kier alpha value is -1.50. The molecule has 0 bridgehead atoms. The van der Waals surface area contributed by atoms with Crippen LogP contribution in [-0.2, 0) is 9.59 Å². The van der Waals surface area contributed by atoms with E-state index < -0.39 is 6.04 Å². The van der Waals surface area contributed by atoms with Crippen LogP contribution >= 0.6 is 0 Å². The van der Waals surface area contributed by atoms with Crippen LogP contribution in [0.4, 0.5) is 0 Å². The average Bonchev–Trinajstić information content (AvgIpc) is 2.19. The summed E-state index contributed by atoms with van der Waals surface area (Å²) >= 11 is 0. The highest BCUT2D eigenvalue weighted by atomic mass is 16.2. The Morgan fingerprint density at radius 3 is 2.86 bits per heavy atom. The van der Waals surface area contributed by atoms with Crippen molar-refractivity contribution in [3.8, 4) is 12.3 Å². The maximum atomic E-state index is 11.5. The van der Waals surface area contributed by atoms with Gasteiger partial charge in [0, 0.05) is 0 Å². The topological polar surface area (TPSA) is 49.4 Å². The number of piperazine rings is 1. The number of nitrogens with zero attached hydrogens (tertiary/aromatic N) is 1. The first-order chi connectivity index (χ1) is 6.61. The molecule has 1 N–H and O–H groups in total. The third kappa shape index (κ3) is 1.72. The first-order valence-electron chi connectivity index (χ1n) is 4.66. The molecule has 0 aliphatic carbocycles. The van der Waals surface area contributed by atoms with Gasteiger partial charge < -0.3 is 10.2 Å². The Kier molecular flexibility index (Phi) is 3.13. The van der Waals surface area contributed by atoms with Crippen LogP contribution in [0.25, 0.3) is 0 Å². The van der Waals surface area contributed by atoms with Crippen LogP contribution < -0.4 is 5.32 Å². The van der Waals surface area contributed by atoms with Gasteiger partial charge in [0.05, 0.1) is 12.6 Å². The largest absolute Gasteiger partial charge is 0.345 e. The molecule has 0 aromatic rings. The molecule has 0 spiro atoms. The van der Waals surface area contributed by atoms with Gasteiger partial charge in [-0.2, -0.15) is 0 Å². The predicted octanol–water partition coefficient (Wildman–Crippen LogP) is -0.255. The normalized spacial score (nSPS) is 24.1. The van der Waals surface area contributed by atoms with Crippen molar-refractivity contribution in [1.29, 1.82) is 0 Å². The molecule has 0 saturated carbocycles. The molecule has 76 valence electrons. The monoisotopic (exact) mass is 194 g/mol. The fourth-order valence-corrected chi connectivity index (χ4v) is 1.58. The van der Waals surface area contributed by atoms with Gasteiger partial charge in [0.25, 0.3) is 0 Å². The first-order valence-corrected chi connectivity index (χ1v) is 4.66. The summed E-state index contributed by atoms with van der Waals surface area (Å²) in [6.45, 7) is 3.64. The van der Waals surface area contributed by atoms with Gasteiger partial charge in [0.15, 0.2) is 0 Å². The molecule has 1 aliphatic rings. The molecule has 4 nitrogen and oxygen atoms in total. The van der Waals surface area contributed by atoms with E-state index >= 15 is 0 Å². The lowest BCUT2D eigenvalue weighted by Crippen LogP contribution is -2.60. The van der Waals surface area contributed by atoms with E-state index in [1.54, 1.807) is 6.92 Å². The minimum absolute atomic E-state index is 0.0569. The van der Waals surface area contributed by atoms with Gasteiger partial charge in [0.2, 0.25) is 11.8 Å². The second-order valence-electron chi connectivity index (χ2n) is 3.29. The van der Waals surface area contributed by atoms with E-state index in [1.807, 2.05) is 6.92 Å². The van der Waals surface area contributed by atoms with Gasteiger partial charge in [-0.3, -0.25) is 9.59 Å². The maximum absolute atomic E-state index is 11.5. The number of carbonyl (C=O) groups is 2. The molecular formula is C10H14N2O2. The van der Waals surface area contributed by atoms with Crippen LogP contribution in [0, 0.1) is 12.3 Å². The molecule has 0 aromatic carbocycles. The van der Waals surface area contributed by atoms with E-state index in [2.05, 4.69) is 11.2 Å². The average molecular weight is 194 g/mol. The zero-order valence-corrected chi connectivity index (χ0v) is 8.41. The fourth-order valence-electron chi connectivity index (χ4n) is 1.58. The SMILES string of the molecule is C#CC(CC)N1C(=O)CNC(=O)C1C. The zero-order chi connectivity index (χ0) is 10.7. The lowest BCUT2D eigenvalue weighted by atomic mass is 10.1. The third-order valence-electron chi connectivity index (χ3n) is 2.41. The molecule has 4 heteroatoms. The van der Waals surface area contributed by atoms with Crippen molar-refractivity contribution >= 4 is 11.8 Å². The van der Waals surface area contributed by atoms with Crippen LogP contribution in [0.15, 0.2) is 0 Å². The van der Waals surface area contributed by atoms with Crippen LogP contribution in [0.5, 0.6) is 0 Å². The quantitative estimate of drug-likeness (QED) is 0.616. The minimum Gasteiger partial charge on any atom is -0.345 e. The van der Waals surface area contributed by atoms with E-state index in [0.29, 0.717) is 6.42 Å². The van der Waals surface area contributed by atoms with Crippen molar-refractivity contribution in [2.75, 3.05) is 6.54 Å². The Morgan fingerprint density at radius 2 is 2.36 bits per heavy atom. The first kappa shape index (κ1) is 10.6. The van der Waals surface area contributed by atoms with E-state index in [-0.39, 0.29) is 24.4 Å². The van der Waals surface area contributed by atoms with Crippen molar-refractivity contribution in [3.05, 3.63) is 0 Å². The lowest BCUT2D eigenvalue weighted by molar-refractivity contribution is -0.146. The number of amides is 2. The van der Waals surface area contributed by atoms with Gasteiger partial charge in [-0.25, -0.2) is 0 Å². The molecule has 1 rings (SSSR count). The summed E-state index contributed by atoms with van der Waals surface area (Å²) in [5.41, 5.74) is 0. The van der Waals surface area contributed by atoms with Gasteiger partial charge in [0.1, 0.15) is 6.04 Å². The lowest BCUT2D eigenvalue weighted by Gasteiger charge is -2.36. The molecular weight excluding hydrogens is 180 g/mol. The maximum Gasteiger partial charge on any atom is 0.243 e. The summed E-state index contributed by atoms with van der Waals surface area (Å²) < 4.78 is 0. The molecule has 1 aliphatic heterocycles. The summed E-state index contributed by atoms with van der Waals surface area (Å²) in [5, 5.41) is 2.52. The van der Waals surface area contributed by atoms with Crippen molar-refractivity contribution in [2.24, 2.45) is 0 Å². The van der Waals surface area contributed by atoms with Crippen LogP contribution in [0.1, 0.15) is 20.3 Å². The summed E-state index contributed by atoms with van der Waals surface area (Å²) in [4.78, 5) is 24.3. The van der Waals surface area contributed by atoms with Crippen LogP contribution in [-0.4, -0.2) is 35.3 Å². The van der Waals surface area contributed by atoms with E-state index in [1.165, 1.54) is 4.90 Å². The van der Waals surface area contributed by atoms with Gasteiger partial charge >= 0.3 is 0 Å². The highest BCUT2D eigenvalue weighted by Gasteiger charge is 2.34. The van der Waals surface area contributed by atoms with E-state index in [9.17, 15) is 9.59 Å². The Morgan fingerprint density at radius 1 is 1.71 bits per heavy atom. The van der Waals surface area contributed by atoms with Crippen LogP contribution in [0.2, 0.25) is 0 Å². The molecule has 1 heterocycles. The zero-order valence-electron chi connectivity index (χ0n) is 8.41. The minimum atomic E-state index is -0.461. The van der Waals surface area contributed by atoms with Crippen molar-refractivity contribution in [2.45, 2.75) is 32.4 Å². The Balaban J connectivity index is 2.87. The Labute approximate surface area is 83.6 Å². The van der Waals surface area contributed by atoms with Gasteiger partial charge in [-0.15, -0.1) is 6.42 Å². The smallest absolute Gasteiger partial charge is 0.243 e. The van der Waals surface area contributed by atoms with Crippen molar-refractivity contribution in [3.63, 3.8) is 0 Å². The number of hydrogen-bond donors (Lipinski definition) is 1. The fraction of sp³-hybridized carbons (Fsp3) is 0.600. The molecule has 1 saturated heterocycles. The number of nitrogens with one attached hydrogen (secondary N) is 1. The molecule has 1 fully saturated rings. The number of carbonyl (C=O) groups excluding carboxylic acids is 2. The predicted molar refractivity (Wildman–Crippen MR) is 52.2 cm³/mol. The molecule has 0 radical (unpaired) electrons. The summed E-state index contributed by atoms with van der Waals surface area (Å²) in [6.07, 6.45) is 5.97. The van der Waals surface area contributed by atoms with E-state index in [4.69, 9.17) is 6.42 Å².